The predicted octanol–water partition coefficient (Wildman–Crippen LogP) is 2.28. The first-order chi connectivity index (χ1) is 10.6. The lowest BCUT2D eigenvalue weighted by molar-refractivity contribution is 0.0930. The summed E-state index contributed by atoms with van der Waals surface area (Å²) >= 11 is 0. The molecule has 4 nitrogen and oxygen atoms in total. The van der Waals surface area contributed by atoms with Gasteiger partial charge in [0.15, 0.2) is 0 Å². The molecule has 0 heterocycles. The van der Waals surface area contributed by atoms with Crippen LogP contribution in [0.2, 0.25) is 0 Å². The Balaban J connectivity index is 2.12. The van der Waals surface area contributed by atoms with Crippen molar-refractivity contribution in [2.75, 3.05) is 12.9 Å². The van der Waals surface area contributed by atoms with Gasteiger partial charge in [-0.05, 0) is 36.2 Å². The molecule has 0 saturated carbocycles. The van der Waals surface area contributed by atoms with E-state index in [1.165, 1.54) is 0 Å². The maximum atomic E-state index is 12.3. The van der Waals surface area contributed by atoms with Crippen LogP contribution in [0.4, 0.5) is 0 Å². The summed E-state index contributed by atoms with van der Waals surface area (Å²) < 4.78 is 11.4. The van der Waals surface area contributed by atoms with E-state index >= 15 is 0 Å². The molecule has 0 aliphatic rings. The van der Waals surface area contributed by atoms with Gasteiger partial charge in [0.1, 0.15) is 0 Å². The Morgan fingerprint density at radius 1 is 1.14 bits per heavy atom. The lowest BCUT2D eigenvalue weighted by atomic mass is 10.0. The van der Waals surface area contributed by atoms with Crippen molar-refractivity contribution in [3.05, 3.63) is 65.7 Å². The van der Waals surface area contributed by atoms with Crippen LogP contribution in [0.3, 0.4) is 0 Å². The SMILES string of the molecule is CS(=O)c1ccc(C(=O)NC(CCO)c2ccccc2)cc1. The van der Waals surface area contributed by atoms with Gasteiger partial charge in [-0.25, -0.2) is 0 Å². The van der Waals surface area contributed by atoms with Gasteiger partial charge in [0.05, 0.1) is 6.04 Å². The van der Waals surface area contributed by atoms with Crippen LogP contribution >= 0.6 is 0 Å². The van der Waals surface area contributed by atoms with E-state index in [1.807, 2.05) is 30.3 Å². The van der Waals surface area contributed by atoms with Gasteiger partial charge in [-0.1, -0.05) is 30.3 Å². The maximum Gasteiger partial charge on any atom is 0.251 e. The lowest BCUT2D eigenvalue weighted by Gasteiger charge is -2.18. The summed E-state index contributed by atoms with van der Waals surface area (Å²) in [4.78, 5) is 13.0. The van der Waals surface area contributed by atoms with Gasteiger partial charge in [0.2, 0.25) is 0 Å². The van der Waals surface area contributed by atoms with Gasteiger partial charge in [-0.3, -0.25) is 9.00 Å². The van der Waals surface area contributed by atoms with Gasteiger partial charge in [0.25, 0.3) is 5.91 Å². The average molecular weight is 317 g/mol. The second-order valence-electron chi connectivity index (χ2n) is 4.93. The Hall–Kier alpha value is -1.98. The van der Waals surface area contributed by atoms with Crippen molar-refractivity contribution in [2.24, 2.45) is 0 Å². The molecule has 2 unspecified atom stereocenters. The summed E-state index contributed by atoms with van der Waals surface area (Å²) in [6.07, 6.45) is 2.05. The number of carbonyl (C=O) groups excluding carboxylic acids is 1. The summed E-state index contributed by atoms with van der Waals surface area (Å²) in [6.45, 7) is -0.00635. The molecule has 0 fully saturated rings. The molecule has 2 aromatic rings. The lowest BCUT2D eigenvalue weighted by Crippen LogP contribution is -2.29. The number of nitrogens with one attached hydrogen (secondary N) is 1. The number of benzene rings is 2. The summed E-state index contributed by atoms with van der Waals surface area (Å²) in [6, 6.07) is 16.0. The van der Waals surface area contributed by atoms with Crippen LogP contribution in [0, 0.1) is 0 Å². The Kier molecular flexibility index (Phi) is 5.86. The number of amides is 1. The average Bonchev–Trinajstić information content (AvgIpc) is 2.55. The topological polar surface area (TPSA) is 66.4 Å². The molecule has 0 bridgehead atoms. The fraction of sp³-hybridized carbons (Fsp3) is 0.235. The highest BCUT2D eigenvalue weighted by atomic mass is 32.2. The van der Waals surface area contributed by atoms with Gasteiger partial charge in [-0.2, -0.15) is 0 Å². The Morgan fingerprint density at radius 2 is 1.77 bits per heavy atom. The van der Waals surface area contributed by atoms with E-state index in [4.69, 9.17) is 0 Å². The monoisotopic (exact) mass is 317 g/mol. The molecule has 2 aromatic carbocycles. The predicted molar refractivity (Wildman–Crippen MR) is 87.1 cm³/mol. The quantitative estimate of drug-likeness (QED) is 0.859. The molecular formula is C17H19NO3S. The molecule has 0 spiro atoms. The smallest absolute Gasteiger partial charge is 0.251 e. The number of hydrogen-bond acceptors (Lipinski definition) is 3. The molecular weight excluding hydrogens is 298 g/mol. The first kappa shape index (κ1) is 16.4. The van der Waals surface area contributed by atoms with Crippen LogP contribution in [0.25, 0.3) is 0 Å². The van der Waals surface area contributed by atoms with Crippen LogP contribution in [-0.4, -0.2) is 28.1 Å². The van der Waals surface area contributed by atoms with Crippen molar-refractivity contribution >= 4 is 16.7 Å². The summed E-state index contributed by atoms with van der Waals surface area (Å²) in [5.41, 5.74) is 1.46. The normalized spacial score (nSPS) is 13.4. The molecule has 0 aliphatic heterocycles. The second-order valence-corrected chi connectivity index (χ2v) is 6.31. The van der Waals surface area contributed by atoms with Gasteiger partial charge in [0, 0.05) is 34.1 Å². The molecule has 0 aromatic heterocycles. The minimum absolute atomic E-state index is 0.00635. The molecule has 22 heavy (non-hydrogen) atoms. The zero-order valence-corrected chi connectivity index (χ0v) is 13.2. The molecule has 2 N–H and O–H groups in total. The third-order valence-electron chi connectivity index (χ3n) is 3.37. The van der Waals surface area contributed by atoms with Gasteiger partial charge >= 0.3 is 0 Å². The van der Waals surface area contributed by atoms with E-state index in [9.17, 15) is 14.1 Å². The number of rotatable bonds is 6. The van der Waals surface area contributed by atoms with E-state index in [-0.39, 0.29) is 18.6 Å². The number of aliphatic hydroxyl groups is 1. The molecule has 116 valence electrons. The van der Waals surface area contributed by atoms with Crippen LogP contribution in [0.15, 0.2) is 59.5 Å². The van der Waals surface area contributed by atoms with E-state index in [0.29, 0.717) is 16.9 Å². The minimum atomic E-state index is -1.06. The van der Waals surface area contributed by atoms with E-state index < -0.39 is 10.8 Å². The third-order valence-corrected chi connectivity index (χ3v) is 4.31. The summed E-state index contributed by atoms with van der Waals surface area (Å²) in [5.74, 6) is -0.212. The molecule has 0 aliphatic carbocycles. The maximum absolute atomic E-state index is 12.3. The van der Waals surface area contributed by atoms with Crippen molar-refractivity contribution in [3.63, 3.8) is 0 Å². The molecule has 0 radical (unpaired) electrons. The van der Waals surface area contributed by atoms with Crippen LogP contribution in [0.5, 0.6) is 0 Å². The van der Waals surface area contributed by atoms with Gasteiger partial charge < -0.3 is 10.4 Å². The fourth-order valence-electron chi connectivity index (χ4n) is 2.18. The minimum Gasteiger partial charge on any atom is -0.396 e. The zero-order valence-electron chi connectivity index (χ0n) is 12.4. The molecule has 1 amide bonds. The first-order valence-electron chi connectivity index (χ1n) is 7.02. The standard InChI is InChI=1S/C17H19NO3S/c1-22(21)15-9-7-14(8-10-15)17(20)18-16(11-12-19)13-5-3-2-4-6-13/h2-10,16,19H,11-12H2,1H3,(H,18,20). The van der Waals surface area contributed by atoms with Crippen molar-refractivity contribution in [2.45, 2.75) is 17.4 Å². The number of aliphatic hydroxyl groups excluding tert-OH is 1. The van der Waals surface area contributed by atoms with Crippen molar-refractivity contribution < 1.29 is 14.1 Å². The van der Waals surface area contributed by atoms with Gasteiger partial charge in [-0.15, -0.1) is 0 Å². The Labute approximate surface area is 132 Å². The Morgan fingerprint density at radius 3 is 2.32 bits per heavy atom. The fourth-order valence-corrected chi connectivity index (χ4v) is 2.70. The summed E-state index contributed by atoms with van der Waals surface area (Å²) in [5, 5.41) is 12.1. The highest BCUT2D eigenvalue weighted by molar-refractivity contribution is 7.84. The van der Waals surface area contributed by atoms with E-state index in [0.717, 1.165) is 5.56 Å². The molecule has 5 heteroatoms. The van der Waals surface area contributed by atoms with Crippen LogP contribution in [-0.2, 0) is 10.8 Å². The second kappa shape index (κ2) is 7.87. The van der Waals surface area contributed by atoms with Crippen LogP contribution < -0.4 is 5.32 Å². The molecule has 2 atom stereocenters. The van der Waals surface area contributed by atoms with E-state index in [2.05, 4.69) is 5.32 Å². The highest BCUT2D eigenvalue weighted by Crippen LogP contribution is 2.17. The zero-order chi connectivity index (χ0) is 15.9. The van der Waals surface area contributed by atoms with Crippen molar-refractivity contribution in [1.82, 2.24) is 5.32 Å². The Bertz CT molecular complexity index is 641. The van der Waals surface area contributed by atoms with Crippen LogP contribution in [0.1, 0.15) is 28.4 Å². The number of carbonyl (C=O) groups is 1. The number of hydrogen-bond donors (Lipinski definition) is 2. The third kappa shape index (κ3) is 4.26. The van der Waals surface area contributed by atoms with E-state index in [1.54, 1.807) is 30.5 Å². The molecule has 2 rings (SSSR count). The molecule has 0 saturated heterocycles. The summed E-state index contributed by atoms with van der Waals surface area (Å²) in [7, 11) is -1.06. The van der Waals surface area contributed by atoms with Crippen molar-refractivity contribution in [1.29, 1.82) is 0 Å². The highest BCUT2D eigenvalue weighted by Gasteiger charge is 2.15. The van der Waals surface area contributed by atoms with Crippen molar-refractivity contribution in [3.8, 4) is 0 Å². The first-order valence-corrected chi connectivity index (χ1v) is 8.58. The largest absolute Gasteiger partial charge is 0.396 e.